The van der Waals surface area contributed by atoms with Crippen molar-refractivity contribution in [2.45, 2.75) is 20.0 Å². The molecule has 0 atom stereocenters. The van der Waals surface area contributed by atoms with Crippen LogP contribution in [-0.2, 0) is 22.6 Å². The first-order chi connectivity index (χ1) is 14.0. The molecule has 0 bridgehead atoms. The van der Waals surface area contributed by atoms with Crippen molar-refractivity contribution in [3.05, 3.63) is 63.1 Å². The van der Waals surface area contributed by atoms with Crippen LogP contribution in [0.4, 0.5) is 0 Å². The van der Waals surface area contributed by atoms with Gasteiger partial charge in [-0.05, 0) is 42.8 Å². The number of ether oxygens (including phenoxy) is 2. The number of thiazole rings is 2. The Hall–Kier alpha value is -2.48. The van der Waals surface area contributed by atoms with E-state index in [1.807, 2.05) is 31.2 Å². The van der Waals surface area contributed by atoms with Gasteiger partial charge in [0, 0.05) is 9.90 Å². The minimum absolute atomic E-state index is 0.183. The molecule has 2 aromatic carbocycles. The van der Waals surface area contributed by atoms with E-state index >= 15 is 0 Å². The molecule has 0 aliphatic carbocycles. The molecular formula is C21H17ClN2O3S2. The lowest BCUT2D eigenvalue weighted by Crippen LogP contribution is -2.07. The molecule has 5 nitrogen and oxygen atoms in total. The third-order valence-corrected chi connectivity index (χ3v) is 6.60. The zero-order valence-electron chi connectivity index (χ0n) is 15.8. The summed E-state index contributed by atoms with van der Waals surface area (Å²) in [7, 11) is 1.59. The van der Waals surface area contributed by atoms with Gasteiger partial charge < -0.3 is 9.47 Å². The molecule has 0 aliphatic rings. The van der Waals surface area contributed by atoms with Gasteiger partial charge >= 0.3 is 5.97 Å². The van der Waals surface area contributed by atoms with E-state index in [4.69, 9.17) is 21.1 Å². The van der Waals surface area contributed by atoms with Crippen molar-refractivity contribution in [2.24, 2.45) is 0 Å². The van der Waals surface area contributed by atoms with Gasteiger partial charge in [-0.2, -0.15) is 0 Å². The second-order valence-electron chi connectivity index (χ2n) is 6.36. The van der Waals surface area contributed by atoms with Gasteiger partial charge in [-0.1, -0.05) is 17.7 Å². The lowest BCUT2D eigenvalue weighted by Gasteiger charge is -2.06. The Bertz CT molecular complexity index is 1190. The number of fused-ring (bicyclic) bond motifs is 1. The molecule has 148 valence electrons. The average Bonchev–Trinajstić information content (AvgIpc) is 3.32. The second-order valence-corrected chi connectivity index (χ2v) is 8.77. The first kappa shape index (κ1) is 19.8. The van der Waals surface area contributed by atoms with Crippen LogP contribution in [0.1, 0.15) is 16.1 Å². The molecule has 0 spiro atoms. The summed E-state index contributed by atoms with van der Waals surface area (Å²) in [6.07, 6.45) is 0.183. The van der Waals surface area contributed by atoms with Crippen molar-refractivity contribution in [3.8, 4) is 16.3 Å². The SMILES string of the molecule is COc1cc(Cl)ccc1-c1nc(C)c(CC(=O)OCc2ccc3ncsc3c2)s1. The van der Waals surface area contributed by atoms with Gasteiger partial charge in [0.25, 0.3) is 0 Å². The van der Waals surface area contributed by atoms with E-state index in [1.165, 1.54) is 11.3 Å². The lowest BCUT2D eigenvalue weighted by molar-refractivity contribution is -0.144. The van der Waals surface area contributed by atoms with E-state index in [0.29, 0.717) is 10.8 Å². The fourth-order valence-electron chi connectivity index (χ4n) is 2.88. The fraction of sp³-hybridized carbons (Fsp3) is 0.190. The molecule has 0 fully saturated rings. The first-order valence-corrected chi connectivity index (χ1v) is 10.9. The first-order valence-electron chi connectivity index (χ1n) is 8.81. The number of methoxy groups -OCH3 is 1. The predicted molar refractivity (Wildman–Crippen MR) is 117 cm³/mol. The predicted octanol–water partition coefficient (Wildman–Crippen LogP) is 5.68. The molecule has 4 rings (SSSR count). The van der Waals surface area contributed by atoms with Crippen LogP contribution in [0.3, 0.4) is 0 Å². The third-order valence-electron chi connectivity index (χ3n) is 4.39. The summed E-state index contributed by atoms with van der Waals surface area (Å²) in [6.45, 7) is 2.13. The highest BCUT2D eigenvalue weighted by molar-refractivity contribution is 7.16. The van der Waals surface area contributed by atoms with Crippen molar-refractivity contribution in [1.82, 2.24) is 9.97 Å². The Morgan fingerprint density at radius 3 is 2.90 bits per heavy atom. The smallest absolute Gasteiger partial charge is 0.311 e. The molecule has 8 heteroatoms. The van der Waals surface area contributed by atoms with Gasteiger partial charge in [-0.15, -0.1) is 22.7 Å². The number of benzene rings is 2. The van der Waals surface area contributed by atoms with Gasteiger partial charge in [0.15, 0.2) is 0 Å². The molecule has 0 unspecified atom stereocenters. The monoisotopic (exact) mass is 444 g/mol. The van der Waals surface area contributed by atoms with Gasteiger partial charge in [-0.25, -0.2) is 9.97 Å². The second kappa shape index (κ2) is 8.49. The molecule has 4 aromatic rings. The number of hydrogen-bond acceptors (Lipinski definition) is 7. The minimum Gasteiger partial charge on any atom is -0.496 e. The van der Waals surface area contributed by atoms with Crippen LogP contribution in [-0.4, -0.2) is 23.0 Å². The zero-order valence-corrected chi connectivity index (χ0v) is 18.2. The number of esters is 1. The number of aromatic nitrogens is 2. The fourth-order valence-corrected chi connectivity index (χ4v) is 4.86. The molecule has 0 amide bonds. The van der Waals surface area contributed by atoms with E-state index in [2.05, 4.69) is 9.97 Å². The summed E-state index contributed by atoms with van der Waals surface area (Å²) < 4.78 is 12.0. The highest BCUT2D eigenvalue weighted by Gasteiger charge is 2.17. The van der Waals surface area contributed by atoms with E-state index in [1.54, 1.807) is 36.1 Å². The van der Waals surface area contributed by atoms with Crippen molar-refractivity contribution in [2.75, 3.05) is 7.11 Å². The maximum absolute atomic E-state index is 12.4. The van der Waals surface area contributed by atoms with Crippen molar-refractivity contribution >= 4 is 50.5 Å². The summed E-state index contributed by atoms with van der Waals surface area (Å²) in [5, 5.41) is 1.38. The zero-order chi connectivity index (χ0) is 20.4. The summed E-state index contributed by atoms with van der Waals surface area (Å²) >= 11 is 9.07. The topological polar surface area (TPSA) is 61.3 Å². The van der Waals surface area contributed by atoms with Crippen LogP contribution in [0.2, 0.25) is 5.02 Å². The molecule has 2 aromatic heterocycles. The number of halogens is 1. The highest BCUT2D eigenvalue weighted by Crippen LogP contribution is 2.36. The highest BCUT2D eigenvalue weighted by atomic mass is 35.5. The summed E-state index contributed by atoms with van der Waals surface area (Å²) in [6, 6.07) is 11.3. The van der Waals surface area contributed by atoms with Crippen LogP contribution in [0.25, 0.3) is 20.8 Å². The molecule has 0 aliphatic heterocycles. The molecule has 2 heterocycles. The number of nitrogens with zero attached hydrogens (tertiary/aromatic N) is 2. The van der Waals surface area contributed by atoms with Crippen molar-refractivity contribution in [3.63, 3.8) is 0 Å². The maximum Gasteiger partial charge on any atom is 0.311 e. The Balaban J connectivity index is 1.44. The van der Waals surface area contributed by atoms with E-state index in [9.17, 15) is 4.79 Å². The molecule has 0 saturated heterocycles. The van der Waals surface area contributed by atoms with Gasteiger partial charge in [-0.3, -0.25) is 4.79 Å². The van der Waals surface area contributed by atoms with Crippen molar-refractivity contribution < 1.29 is 14.3 Å². The molecular weight excluding hydrogens is 428 g/mol. The molecule has 0 saturated carbocycles. The average molecular weight is 445 g/mol. The Kier molecular flexibility index (Phi) is 5.80. The summed E-state index contributed by atoms with van der Waals surface area (Å²) in [4.78, 5) is 22.1. The number of carbonyl (C=O) groups excluding carboxylic acids is 1. The lowest BCUT2D eigenvalue weighted by atomic mass is 10.2. The summed E-state index contributed by atoms with van der Waals surface area (Å²) in [5.41, 5.74) is 5.37. The van der Waals surface area contributed by atoms with Crippen LogP contribution in [0, 0.1) is 6.92 Å². The molecule has 29 heavy (non-hydrogen) atoms. The Labute approximate surface area is 180 Å². The van der Waals surface area contributed by atoms with Crippen LogP contribution in [0.15, 0.2) is 41.9 Å². The quantitative estimate of drug-likeness (QED) is 0.358. The van der Waals surface area contributed by atoms with Crippen LogP contribution < -0.4 is 4.74 Å². The van der Waals surface area contributed by atoms with E-state index in [0.717, 1.165) is 36.9 Å². The Morgan fingerprint density at radius 2 is 2.07 bits per heavy atom. The number of rotatable bonds is 6. The summed E-state index contributed by atoms with van der Waals surface area (Å²) in [5.74, 6) is 0.370. The van der Waals surface area contributed by atoms with Crippen LogP contribution in [0.5, 0.6) is 5.75 Å². The Morgan fingerprint density at radius 1 is 1.21 bits per heavy atom. The molecule has 0 radical (unpaired) electrons. The van der Waals surface area contributed by atoms with Crippen molar-refractivity contribution in [1.29, 1.82) is 0 Å². The normalized spacial score (nSPS) is 11.0. The number of carbonyl (C=O) groups is 1. The van der Waals surface area contributed by atoms with Gasteiger partial charge in [0.2, 0.25) is 0 Å². The minimum atomic E-state index is -0.282. The third kappa shape index (κ3) is 4.42. The molecule has 0 N–H and O–H groups in total. The largest absolute Gasteiger partial charge is 0.496 e. The number of aryl methyl sites for hydroxylation is 1. The number of hydrogen-bond donors (Lipinski definition) is 0. The van der Waals surface area contributed by atoms with Gasteiger partial charge in [0.05, 0.1) is 40.5 Å². The van der Waals surface area contributed by atoms with E-state index in [-0.39, 0.29) is 19.0 Å². The maximum atomic E-state index is 12.4. The van der Waals surface area contributed by atoms with E-state index < -0.39 is 0 Å². The standard InChI is InChI=1S/C21H17ClN2O3S2/c1-12-18(29-21(24-12)15-5-4-14(22)8-17(15)26-2)9-20(25)27-10-13-3-6-16-19(7-13)28-11-23-16/h3-8,11H,9-10H2,1-2H3. The van der Waals surface area contributed by atoms with Gasteiger partial charge in [0.1, 0.15) is 17.4 Å². The van der Waals surface area contributed by atoms with Crippen LogP contribution >= 0.6 is 34.3 Å².